The van der Waals surface area contributed by atoms with Crippen LogP contribution in [0.3, 0.4) is 0 Å². The first-order valence-corrected chi connectivity index (χ1v) is 10.1. The molecule has 4 aromatic rings. The van der Waals surface area contributed by atoms with E-state index in [1.807, 2.05) is 60.0 Å². The van der Waals surface area contributed by atoms with Crippen LogP contribution < -0.4 is 0 Å². The predicted molar refractivity (Wildman–Crippen MR) is 117 cm³/mol. The lowest BCUT2D eigenvalue weighted by molar-refractivity contribution is 0.0697. The van der Waals surface area contributed by atoms with Gasteiger partial charge in [-0.05, 0) is 47.7 Å². The minimum absolute atomic E-state index is 0.257. The molecule has 0 bridgehead atoms. The van der Waals surface area contributed by atoms with Gasteiger partial charge in [0, 0.05) is 6.20 Å². The molecule has 0 saturated carbocycles. The van der Waals surface area contributed by atoms with Crippen molar-refractivity contribution in [2.24, 2.45) is 0 Å². The molecule has 0 aliphatic carbocycles. The van der Waals surface area contributed by atoms with Crippen LogP contribution in [-0.2, 0) is 6.42 Å². The van der Waals surface area contributed by atoms with E-state index in [1.165, 1.54) is 0 Å². The van der Waals surface area contributed by atoms with Gasteiger partial charge in [-0.2, -0.15) is 0 Å². The molecule has 1 atom stereocenters. The number of aliphatic hydroxyl groups excluding tert-OH is 1. The zero-order valence-corrected chi connectivity index (χ0v) is 17.0. The van der Waals surface area contributed by atoms with E-state index < -0.39 is 12.1 Å². The van der Waals surface area contributed by atoms with Crippen LogP contribution in [0.2, 0.25) is 0 Å². The molecule has 0 amide bonds. The monoisotopic (exact) mass is 400 g/mol. The molecule has 5 nitrogen and oxygen atoms in total. The molecule has 0 radical (unpaired) electrons. The molecule has 0 unspecified atom stereocenters. The highest BCUT2D eigenvalue weighted by Gasteiger charge is 2.17. The minimum Gasteiger partial charge on any atom is -0.478 e. The molecule has 0 fully saturated rings. The number of aliphatic hydroxyl groups is 1. The largest absolute Gasteiger partial charge is 0.478 e. The minimum atomic E-state index is -0.959. The first kappa shape index (κ1) is 19.9. The van der Waals surface area contributed by atoms with E-state index in [4.69, 9.17) is 4.98 Å². The number of nitrogens with zero attached hydrogens (tertiary/aromatic N) is 2. The second-order valence-corrected chi connectivity index (χ2v) is 7.49. The third kappa shape index (κ3) is 3.60. The smallest absolute Gasteiger partial charge is 0.336 e. The van der Waals surface area contributed by atoms with Crippen LogP contribution in [0.4, 0.5) is 0 Å². The molecule has 2 aromatic carbocycles. The van der Waals surface area contributed by atoms with Gasteiger partial charge in [-0.3, -0.25) is 0 Å². The summed E-state index contributed by atoms with van der Waals surface area (Å²) in [7, 11) is 0. The first-order valence-electron chi connectivity index (χ1n) is 10.1. The number of fused-ring (bicyclic) bond motifs is 1. The standard InChI is InChI=1S/C25H24N2O3/c1-3-6-19-15-27-22(14-9-16(2)24(27)26-19)23(28)18-12-10-17(11-13-18)20-7-4-5-8-21(20)25(29)30/h4-5,7-15,23,28H,3,6H2,1-2H3,(H,29,30)/t23-/m1/s1. The Balaban J connectivity index is 1.71. The Morgan fingerprint density at radius 1 is 1.07 bits per heavy atom. The average Bonchev–Trinajstić information content (AvgIpc) is 3.18. The highest BCUT2D eigenvalue weighted by molar-refractivity contribution is 5.96. The summed E-state index contributed by atoms with van der Waals surface area (Å²) in [6.45, 7) is 4.14. The van der Waals surface area contributed by atoms with E-state index in [9.17, 15) is 15.0 Å². The van der Waals surface area contributed by atoms with Crippen LogP contribution in [0, 0.1) is 6.92 Å². The predicted octanol–water partition coefficient (Wildman–Crippen LogP) is 5.04. The molecule has 0 saturated heterocycles. The Labute approximate surface area is 175 Å². The van der Waals surface area contributed by atoms with Crippen molar-refractivity contribution in [3.8, 4) is 11.1 Å². The van der Waals surface area contributed by atoms with Crippen LogP contribution in [0.25, 0.3) is 16.8 Å². The molecule has 0 aliphatic rings. The highest BCUT2D eigenvalue weighted by atomic mass is 16.4. The molecule has 2 N–H and O–H groups in total. The Morgan fingerprint density at radius 3 is 2.50 bits per heavy atom. The van der Waals surface area contributed by atoms with Crippen molar-refractivity contribution in [3.63, 3.8) is 0 Å². The Morgan fingerprint density at radius 2 is 1.80 bits per heavy atom. The number of pyridine rings is 1. The van der Waals surface area contributed by atoms with Gasteiger partial charge in [-0.15, -0.1) is 0 Å². The molecule has 5 heteroatoms. The normalized spacial score (nSPS) is 12.2. The lowest BCUT2D eigenvalue weighted by Crippen LogP contribution is -2.06. The van der Waals surface area contributed by atoms with Crippen molar-refractivity contribution in [2.45, 2.75) is 32.8 Å². The van der Waals surface area contributed by atoms with Crippen molar-refractivity contribution < 1.29 is 15.0 Å². The molecular formula is C25H24N2O3. The number of hydrogen-bond acceptors (Lipinski definition) is 3. The van der Waals surface area contributed by atoms with Crippen molar-refractivity contribution in [3.05, 3.63) is 94.9 Å². The van der Waals surface area contributed by atoms with Gasteiger partial charge in [0.2, 0.25) is 0 Å². The van der Waals surface area contributed by atoms with Gasteiger partial charge in [0.25, 0.3) is 0 Å². The van der Waals surface area contributed by atoms with Gasteiger partial charge >= 0.3 is 5.97 Å². The van der Waals surface area contributed by atoms with E-state index in [0.717, 1.165) is 46.6 Å². The molecule has 2 aromatic heterocycles. The van der Waals surface area contributed by atoms with Gasteiger partial charge in [0.05, 0.1) is 17.0 Å². The lowest BCUT2D eigenvalue weighted by atomic mass is 9.97. The van der Waals surface area contributed by atoms with Crippen molar-refractivity contribution >= 4 is 11.6 Å². The maximum absolute atomic E-state index is 11.5. The number of rotatable bonds is 6. The van der Waals surface area contributed by atoms with Crippen LogP contribution in [-0.4, -0.2) is 25.6 Å². The summed E-state index contributed by atoms with van der Waals surface area (Å²) < 4.78 is 1.97. The fourth-order valence-electron chi connectivity index (χ4n) is 3.81. The average molecular weight is 400 g/mol. The maximum atomic E-state index is 11.5. The molecule has 4 rings (SSSR count). The van der Waals surface area contributed by atoms with Gasteiger partial charge in [0.15, 0.2) is 0 Å². The molecule has 0 spiro atoms. The number of hydrogen-bond donors (Lipinski definition) is 2. The SMILES string of the molecule is CCCc1cn2c([C@H](O)c3ccc(-c4ccccc4C(=O)O)cc3)ccc(C)c2n1. The third-order valence-electron chi connectivity index (χ3n) is 5.37. The quantitative estimate of drug-likeness (QED) is 0.475. The molecule has 30 heavy (non-hydrogen) atoms. The van der Waals surface area contributed by atoms with E-state index in [-0.39, 0.29) is 5.56 Å². The zero-order valence-electron chi connectivity index (χ0n) is 17.0. The Kier molecular flexibility index (Phi) is 5.38. The second kappa shape index (κ2) is 8.13. The summed E-state index contributed by atoms with van der Waals surface area (Å²) in [5.74, 6) is -0.959. The molecular weight excluding hydrogens is 376 g/mol. The van der Waals surface area contributed by atoms with Gasteiger partial charge < -0.3 is 14.6 Å². The fraction of sp³-hybridized carbons (Fsp3) is 0.200. The number of imidazole rings is 1. The van der Waals surface area contributed by atoms with Crippen LogP contribution in [0.5, 0.6) is 0 Å². The number of carboxylic acids is 1. The number of aromatic carboxylic acids is 1. The number of carboxylic acid groups (broad SMARTS) is 1. The van der Waals surface area contributed by atoms with Crippen LogP contribution in [0.1, 0.15) is 52.3 Å². The summed E-state index contributed by atoms with van der Waals surface area (Å²) in [6.07, 6.45) is 3.09. The third-order valence-corrected chi connectivity index (χ3v) is 5.37. The summed E-state index contributed by atoms with van der Waals surface area (Å²) in [5, 5.41) is 20.5. The second-order valence-electron chi connectivity index (χ2n) is 7.49. The van der Waals surface area contributed by atoms with Gasteiger partial charge in [-0.25, -0.2) is 9.78 Å². The van der Waals surface area contributed by atoms with Crippen molar-refractivity contribution in [1.29, 1.82) is 0 Å². The summed E-state index contributed by atoms with van der Waals surface area (Å²) in [4.78, 5) is 16.2. The molecule has 152 valence electrons. The summed E-state index contributed by atoms with van der Waals surface area (Å²) >= 11 is 0. The molecule has 2 heterocycles. The molecule has 0 aliphatic heterocycles. The zero-order chi connectivity index (χ0) is 21.3. The van der Waals surface area contributed by atoms with E-state index in [2.05, 4.69) is 6.92 Å². The van der Waals surface area contributed by atoms with E-state index >= 15 is 0 Å². The summed E-state index contributed by atoms with van der Waals surface area (Å²) in [5.41, 5.74) is 6.14. The van der Waals surface area contributed by atoms with E-state index in [0.29, 0.717) is 5.56 Å². The summed E-state index contributed by atoms with van der Waals surface area (Å²) in [6, 6.07) is 18.2. The van der Waals surface area contributed by atoms with Gasteiger partial charge in [-0.1, -0.05) is 61.9 Å². The van der Waals surface area contributed by atoms with E-state index in [1.54, 1.807) is 18.2 Å². The topological polar surface area (TPSA) is 74.8 Å². The Hall–Kier alpha value is -3.44. The number of aromatic nitrogens is 2. The first-order chi connectivity index (χ1) is 14.5. The van der Waals surface area contributed by atoms with Crippen LogP contribution in [0.15, 0.2) is 66.9 Å². The van der Waals surface area contributed by atoms with Crippen LogP contribution >= 0.6 is 0 Å². The Bertz CT molecular complexity index is 1210. The maximum Gasteiger partial charge on any atom is 0.336 e. The van der Waals surface area contributed by atoms with Crippen molar-refractivity contribution in [1.82, 2.24) is 9.38 Å². The number of aryl methyl sites for hydroxylation is 2. The van der Waals surface area contributed by atoms with Gasteiger partial charge in [0.1, 0.15) is 11.8 Å². The lowest BCUT2D eigenvalue weighted by Gasteiger charge is -2.15. The fourth-order valence-corrected chi connectivity index (χ4v) is 3.81. The number of carbonyl (C=O) groups is 1. The number of benzene rings is 2. The van der Waals surface area contributed by atoms with Crippen molar-refractivity contribution in [2.75, 3.05) is 0 Å². The highest BCUT2D eigenvalue weighted by Crippen LogP contribution is 2.29.